The SMILES string of the molecule is CCOc1ccc(N(CC(=O)N(Cc2cccc(Cl)c2)[C@H](Cc2ccccc2)C(=O)NCC(C)C)S(=O)(=O)c2ccc(Br)cc2)cc1. The molecule has 0 radical (unpaired) electrons. The Morgan fingerprint density at radius 1 is 0.894 bits per heavy atom. The molecular formula is C36H39BrClN3O5S. The summed E-state index contributed by atoms with van der Waals surface area (Å²) < 4.78 is 35.8. The first-order valence-electron chi connectivity index (χ1n) is 15.3. The molecule has 0 aromatic heterocycles. The van der Waals surface area contributed by atoms with Gasteiger partial charge in [0.2, 0.25) is 11.8 Å². The van der Waals surface area contributed by atoms with Gasteiger partial charge in [0.25, 0.3) is 10.0 Å². The average molecular weight is 741 g/mol. The Kier molecular flexibility index (Phi) is 12.9. The number of carbonyl (C=O) groups excluding carboxylic acids is 2. The predicted molar refractivity (Wildman–Crippen MR) is 190 cm³/mol. The van der Waals surface area contributed by atoms with Crippen LogP contribution in [-0.2, 0) is 32.6 Å². The minimum atomic E-state index is -4.23. The van der Waals surface area contributed by atoms with E-state index in [1.807, 2.05) is 57.2 Å². The van der Waals surface area contributed by atoms with Gasteiger partial charge in [-0.15, -0.1) is 0 Å². The van der Waals surface area contributed by atoms with Crippen LogP contribution in [0.3, 0.4) is 0 Å². The molecule has 4 aromatic rings. The van der Waals surface area contributed by atoms with Crippen LogP contribution in [-0.4, -0.2) is 50.9 Å². The predicted octanol–water partition coefficient (Wildman–Crippen LogP) is 7.11. The van der Waals surface area contributed by atoms with Crippen molar-refractivity contribution in [1.82, 2.24) is 10.2 Å². The minimum Gasteiger partial charge on any atom is -0.494 e. The van der Waals surface area contributed by atoms with Crippen molar-refractivity contribution in [1.29, 1.82) is 0 Å². The smallest absolute Gasteiger partial charge is 0.264 e. The summed E-state index contributed by atoms with van der Waals surface area (Å²) in [5.74, 6) is -0.142. The van der Waals surface area contributed by atoms with Crippen LogP contribution >= 0.6 is 27.5 Å². The molecule has 2 amide bonds. The minimum absolute atomic E-state index is 0.0132. The number of carbonyl (C=O) groups is 2. The van der Waals surface area contributed by atoms with Crippen LogP contribution in [0.1, 0.15) is 31.9 Å². The van der Waals surface area contributed by atoms with Crippen LogP contribution in [0.2, 0.25) is 5.02 Å². The van der Waals surface area contributed by atoms with Crippen LogP contribution in [0.5, 0.6) is 5.75 Å². The van der Waals surface area contributed by atoms with Crippen LogP contribution in [0.25, 0.3) is 0 Å². The van der Waals surface area contributed by atoms with Gasteiger partial charge in [-0.2, -0.15) is 0 Å². The van der Waals surface area contributed by atoms with Crippen molar-refractivity contribution in [3.8, 4) is 5.75 Å². The average Bonchev–Trinajstić information content (AvgIpc) is 3.05. The molecule has 8 nitrogen and oxygen atoms in total. The van der Waals surface area contributed by atoms with Crippen LogP contribution < -0.4 is 14.4 Å². The number of halogens is 2. The summed E-state index contributed by atoms with van der Waals surface area (Å²) in [4.78, 5) is 29.9. The molecule has 47 heavy (non-hydrogen) atoms. The second-order valence-electron chi connectivity index (χ2n) is 11.4. The maximum Gasteiger partial charge on any atom is 0.264 e. The fourth-order valence-corrected chi connectivity index (χ4v) is 6.84. The molecule has 0 unspecified atom stereocenters. The molecule has 0 aliphatic carbocycles. The first-order valence-corrected chi connectivity index (χ1v) is 18.0. The lowest BCUT2D eigenvalue weighted by atomic mass is 10.0. The molecule has 0 aliphatic heterocycles. The normalized spacial score (nSPS) is 12.0. The van der Waals surface area contributed by atoms with Gasteiger partial charge in [-0.25, -0.2) is 8.42 Å². The van der Waals surface area contributed by atoms with Gasteiger partial charge < -0.3 is 15.0 Å². The number of amides is 2. The van der Waals surface area contributed by atoms with E-state index in [1.165, 1.54) is 17.0 Å². The molecule has 248 valence electrons. The maximum absolute atomic E-state index is 14.6. The Morgan fingerprint density at radius 3 is 2.17 bits per heavy atom. The van der Waals surface area contributed by atoms with Crippen molar-refractivity contribution in [2.45, 2.75) is 44.7 Å². The molecule has 11 heteroatoms. The fraction of sp³-hybridized carbons (Fsp3) is 0.278. The first kappa shape index (κ1) is 36.0. The summed E-state index contributed by atoms with van der Waals surface area (Å²) in [5.41, 5.74) is 1.83. The van der Waals surface area contributed by atoms with Crippen LogP contribution in [0.15, 0.2) is 112 Å². The summed E-state index contributed by atoms with van der Waals surface area (Å²) in [5, 5.41) is 3.47. The molecular weight excluding hydrogens is 702 g/mol. The van der Waals surface area contributed by atoms with E-state index in [4.69, 9.17) is 16.3 Å². The monoisotopic (exact) mass is 739 g/mol. The summed E-state index contributed by atoms with van der Waals surface area (Å²) in [7, 11) is -4.23. The molecule has 0 saturated carbocycles. The van der Waals surface area contributed by atoms with Gasteiger partial charge in [-0.3, -0.25) is 13.9 Å². The zero-order chi connectivity index (χ0) is 34.0. The Bertz CT molecular complexity index is 1740. The Balaban J connectivity index is 1.80. The van der Waals surface area contributed by atoms with Crippen molar-refractivity contribution in [2.24, 2.45) is 5.92 Å². The van der Waals surface area contributed by atoms with Gasteiger partial charge in [0.1, 0.15) is 18.3 Å². The third kappa shape index (κ3) is 10.1. The zero-order valence-corrected chi connectivity index (χ0v) is 29.8. The van der Waals surface area contributed by atoms with E-state index in [-0.39, 0.29) is 35.4 Å². The van der Waals surface area contributed by atoms with Gasteiger partial charge in [0.15, 0.2) is 0 Å². The summed E-state index contributed by atoms with van der Waals surface area (Å²) in [6.07, 6.45) is 0.222. The zero-order valence-electron chi connectivity index (χ0n) is 26.6. The fourth-order valence-electron chi connectivity index (χ4n) is 4.95. The lowest BCUT2D eigenvalue weighted by molar-refractivity contribution is -0.140. The van der Waals surface area contributed by atoms with E-state index in [2.05, 4.69) is 21.2 Å². The lowest BCUT2D eigenvalue weighted by Crippen LogP contribution is -2.53. The van der Waals surface area contributed by atoms with E-state index in [9.17, 15) is 18.0 Å². The highest BCUT2D eigenvalue weighted by molar-refractivity contribution is 9.10. The first-order chi connectivity index (χ1) is 22.5. The van der Waals surface area contributed by atoms with Crippen molar-refractivity contribution in [3.05, 3.63) is 124 Å². The van der Waals surface area contributed by atoms with E-state index < -0.39 is 28.5 Å². The molecule has 0 saturated heterocycles. The largest absolute Gasteiger partial charge is 0.494 e. The van der Waals surface area contributed by atoms with Gasteiger partial charge in [0, 0.05) is 29.0 Å². The summed E-state index contributed by atoms with van der Waals surface area (Å²) in [6, 6.07) is 28.3. The van der Waals surface area contributed by atoms with Gasteiger partial charge in [0.05, 0.1) is 17.2 Å². The third-order valence-electron chi connectivity index (χ3n) is 7.31. The van der Waals surface area contributed by atoms with E-state index in [0.717, 1.165) is 9.87 Å². The maximum atomic E-state index is 14.6. The number of hydrogen-bond acceptors (Lipinski definition) is 5. The number of rotatable bonds is 15. The van der Waals surface area contributed by atoms with Crippen molar-refractivity contribution >= 4 is 55.1 Å². The highest BCUT2D eigenvalue weighted by Gasteiger charge is 2.34. The second kappa shape index (κ2) is 16.8. The Hall–Kier alpha value is -3.86. The number of nitrogens with zero attached hydrogens (tertiary/aromatic N) is 2. The number of benzene rings is 4. The van der Waals surface area contributed by atoms with Gasteiger partial charge in [-0.1, -0.05) is 83.8 Å². The topological polar surface area (TPSA) is 96.0 Å². The van der Waals surface area contributed by atoms with Gasteiger partial charge in [-0.05, 0) is 84.6 Å². The Morgan fingerprint density at radius 2 is 1.55 bits per heavy atom. The molecule has 0 spiro atoms. The third-order valence-corrected chi connectivity index (χ3v) is 9.87. The Labute approximate surface area is 290 Å². The quantitative estimate of drug-likeness (QED) is 0.140. The lowest BCUT2D eigenvalue weighted by Gasteiger charge is -2.34. The second-order valence-corrected chi connectivity index (χ2v) is 14.6. The standard InChI is InChI=1S/C36H39BrClN3O5S/c1-4-46-32-17-15-31(16-18-32)41(47(44,45)33-19-13-29(37)14-20-33)25-35(42)40(24-28-11-8-12-30(38)21-28)34(36(43)39-23-26(2)3)22-27-9-6-5-7-10-27/h5-21,26,34H,4,22-25H2,1-3H3,(H,39,43)/t34-/m1/s1. The van der Waals surface area contributed by atoms with Crippen LogP contribution in [0, 0.1) is 5.92 Å². The summed E-state index contributed by atoms with van der Waals surface area (Å²) >= 11 is 9.68. The number of hydrogen-bond donors (Lipinski definition) is 1. The molecule has 0 aliphatic rings. The molecule has 4 rings (SSSR count). The number of ether oxygens (including phenoxy) is 1. The number of nitrogens with one attached hydrogen (secondary N) is 1. The van der Waals surface area contributed by atoms with Crippen molar-refractivity contribution < 1.29 is 22.7 Å². The molecule has 0 heterocycles. The molecule has 0 bridgehead atoms. The highest BCUT2D eigenvalue weighted by atomic mass is 79.9. The highest BCUT2D eigenvalue weighted by Crippen LogP contribution is 2.28. The molecule has 0 fully saturated rings. The molecule has 1 N–H and O–H groups in total. The van der Waals surface area contributed by atoms with Crippen LogP contribution in [0.4, 0.5) is 5.69 Å². The number of anilines is 1. The number of sulfonamides is 1. The molecule has 1 atom stereocenters. The molecule has 4 aromatic carbocycles. The van der Waals surface area contributed by atoms with E-state index in [0.29, 0.717) is 34.0 Å². The van der Waals surface area contributed by atoms with E-state index >= 15 is 0 Å². The van der Waals surface area contributed by atoms with E-state index in [1.54, 1.807) is 54.6 Å². The van der Waals surface area contributed by atoms with Crippen molar-refractivity contribution in [2.75, 3.05) is 24.0 Å². The van der Waals surface area contributed by atoms with Gasteiger partial charge >= 0.3 is 0 Å². The summed E-state index contributed by atoms with van der Waals surface area (Å²) in [6.45, 7) is 6.16. The van der Waals surface area contributed by atoms with Crippen molar-refractivity contribution in [3.63, 3.8) is 0 Å².